The number of aliphatic hydroxyl groups is 1. The Morgan fingerprint density at radius 1 is 0.955 bits per heavy atom. The number of methoxy groups -OCH3 is 2. The van der Waals surface area contributed by atoms with E-state index in [9.17, 15) is 9.90 Å². The molecule has 0 bridgehead atoms. The number of amides is 1. The quantitative estimate of drug-likeness (QED) is 0.192. The summed E-state index contributed by atoms with van der Waals surface area (Å²) in [5.41, 5.74) is 3.43. The Hall–Kier alpha value is -2.81. The van der Waals surface area contributed by atoms with E-state index < -0.39 is 6.10 Å². The predicted octanol–water partition coefficient (Wildman–Crippen LogP) is 5.88. The lowest BCUT2D eigenvalue weighted by Gasteiger charge is -2.29. The van der Waals surface area contributed by atoms with Gasteiger partial charge in [-0.05, 0) is 78.8 Å². The lowest BCUT2D eigenvalue weighted by molar-refractivity contribution is -0.127. The van der Waals surface area contributed by atoms with Crippen molar-refractivity contribution < 1.29 is 28.8 Å². The molecule has 1 heterocycles. The number of hydrogen-bond acceptors (Lipinski definition) is 7. The van der Waals surface area contributed by atoms with Crippen molar-refractivity contribution >= 4 is 11.6 Å². The Kier molecular flexibility index (Phi) is 15.3. The molecule has 0 spiro atoms. The van der Waals surface area contributed by atoms with Crippen molar-refractivity contribution in [2.45, 2.75) is 72.4 Å². The van der Waals surface area contributed by atoms with E-state index in [-0.39, 0.29) is 17.7 Å². The van der Waals surface area contributed by atoms with E-state index in [0.717, 1.165) is 68.3 Å². The highest BCUT2D eigenvalue weighted by Crippen LogP contribution is 2.32. The van der Waals surface area contributed by atoms with Gasteiger partial charge in [-0.15, -0.1) is 0 Å². The maximum absolute atomic E-state index is 13.3. The van der Waals surface area contributed by atoms with Crippen molar-refractivity contribution in [3.05, 3.63) is 53.6 Å². The fraction of sp³-hybridized carbons (Fsp3) is 0.639. The zero-order valence-corrected chi connectivity index (χ0v) is 27.8. The van der Waals surface area contributed by atoms with Gasteiger partial charge in [-0.3, -0.25) is 4.79 Å². The van der Waals surface area contributed by atoms with Crippen molar-refractivity contribution in [3.8, 4) is 11.5 Å². The maximum atomic E-state index is 13.3. The minimum atomic E-state index is -0.533. The summed E-state index contributed by atoms with van der Waals surface area (Å²) < 4.78 is 22.1. The van der Waals surface area contributed by atoms with Gasteiger partial charge in [0, 0.05) is 51.4 Å². The fourth-order valence-corrected chi connectivity index (χ4v) is 5.82. The number of ether oxygens (including phenoxy) is 4. The third kappa shape index (κ3) is 11.6. The fourth-order valence-electron chi connectivity index (χ4n) is 5.82. The Labute approximate surface area is 265 Å². The number of hydrogen-bond donors (Lipinski definition) is 2. The number of carbonyl (C=O) groups excluding carboxylic acids is 1. The van der Waals surface area contributed by atoms with Crippen LogP contribution in [0.2, 0.25) is 0 Å². The number of benzene rings is 2. The zero-order chi connectivity index (χ0) is 31.9. The minimum absolute atomic E-state index is 0.00694. The Balaban J connectivity index is 1.53. The summed E-state index contributed by atoms with van der Waals surface area (Å²) in [5, 5.41) is 14.2. The third-order valence-corrected chi connectivity index (χ3v) is 8.71. The first-order chi connectivity index (χ1) is 21.2. The molecule has 3 rings (SSSR count). The summed E-state index contributed by atoms with van der Waals surface area (Å²) in [7, 11) is 3.35. The summed E-state index contributed by atoms with van der Waals surface area (Å²) in [6.07, 6.45) is 3.18. The monoisotopic (exact) mass is 612 g/mol. The molecule has 1 saturated heterocycles. The van der Waals surface area contributed by atoms with E-state index in [2.05, 4.69) is 68.2 Å². The van der Waals surface area contributed by atoms with Crippen LogP contribution in [0, 0.1) is 23.7 Å². The molecule has 8 heteroatoms. The summed E-state index contributed by atoms with van der Waals surface area (Å²) in [6, 6.07) is 14.5. The Bertz CT molecular complexity index is 1120. The lowest BCUT2D eigenvalue weighted by atomic mass is 9.82. The highest BCUT2D eigenvalue weighted by atomic mass is 16.5. The van der Waals surface area contributed by atoms with Gasteiger partial charge < -0.3 is 34.3 Å². The van der Waals surface area contributed by atoms with Crippen molar-refractivity contribution in [3.63, 3.8) is 0 Å². The number of nitrogens with one attached hydrogen (secondary N) is 1. The first-order valence-corrected chi connectivity index (χ1v) is 16.4. The van der Waals surface area contributed by atoms with Crippen LogP contribution < -0.4 is 19.7 Å². The first kappa shape index (κ1) is 35.7. The molecule has 0 aliphatic carbocycles. The minimum Gasteiger partial charge on any atom is -0.493 e. The molecule has 1 aliphatic rings. The maximum Gasteiger partial charge on any atom is 0.223 e. The SMILES string of the molecule is COCCCOc1cc(CC(CC[C@@H](O)CC(C(=O)NCc2cccc(N3CCOCC3)c2)C(C)C)C(C)C)ccc1OC. The topological polar surface area (TPSA) is 89.5 Å². The van der Waals surface area contributed by atoms with Crippen LogP contribution in [-0.2, 0) is 27.2 Å². The van der Waals surface area contributed by atoms with E-state index in [1.807, 2.05) is 12.1 Å². The van der Waals surface area contributed by atoms with Gasteiger partial charge in [-0.25, -0.2) is 0 Å². The van der Waals surface area contributed by atoms with Gasteiger partial charge >= 0.3 is 0 Å². The number of anilines is 1. The second-order valence-corrected chi connectivity index (χ2v) is 12.7. The van der Waals surface area contributed by atoms with Crippen LogP contribution in [0.5, 0.6) is 11.5 Å². The predicted molar refractivity (Wildman–Crippen MR) is 177 cm³/mol. The highest BCUT2D eigenvalue weighted by molar-refractivity contribution is 5.79. The number of carbonyl (C=O) groups is 1. The highest BCUT2D eigenvalue weighted by Gasteiger charge is 2.26. The second kappa shape index (κ2) is 18.9. The average Bonchev–Trinajstić information content (AvgIpc) is 3.03. The van der Waals surface area contributed by atoms with Crippen LogP contribution in [0.3, 0.4) is 0 Å². The normalized spacial score (nSPS) is 15.7. The molecule has 1 amide bonds. The van der Waals surface area contributed by atoms with Gasteiger partial charge in [-0.2, -0.15) is 0 Å². The number of rotatable bonds is 19. The lowest BCUT2D eigenvalue weighted by Crippen LogP contribution is -2.36. The van der Waals surface area contributed by atoms with E-state index >= 15 is 0 Å². The van der Waals surface area contributed by atoms with Crippen LogP contribution in [0.4, 0.5) is 5.69 Å². The molecule has 3 atom stereocenters. The van der Waals surface area contributed by atoms with Gasteiger partial charge in [0.1, 0.15) is 0 Å². The van der Waals surface area contributed by atoms with Crippen molar-refractivity contribution in [2.24, 2.45) is 23.7 Å². The van der Waals surface area contributed by atoms with Crippen LogP contribution in [0.1, 0.15) is 64.5 Å². The molecule has 8 nitrogen and oxygen atoms in total. The molecule has 2 aromatic rings. The molecule has 2 aromatic carbocycles. The number of aliphatic hydroxyl groups excluding tert-OH is 1. The van der Waals surface area contributed by atoms with Crippen molar-refractivity contribution in [2.75, 3.05) is 58.6 Å². The molecule has 0 radical (unpaired) electrons. The van der Waals surface area contributed by atoms with E-state index in [1.54, 1.807) is 14.2 Å². The molecule has 246 valence electrons. The molecule has 0 aromatic heterocycles. The molecule has 1 fully saturated rings. The second-order valence-electron chi connectivity index (χ2n) is 12.7. The van der Waals surface area contributed by atoms with Gasteiger partial charge in [0.25, 0.3) is 0 Å². The van der Waals surface area contributed by atoms with Crippen molar-refractivity contribution in [1.29, 1.82) is 0 Å². The summed E-state index contributed by atoms with van der Waals surface area (Å²) >= 11 is 0. The van der Waals surface area contributed by atoms with Crippen molar-refractivity contribution in [1.82, 2.24) is 5.32 Å². The number of morpholine rings is 1. The smallest absolute Gasteiger partial charge is 0.223 e. The van der Waals surface area contributed by atoms with Gasteiger partial charge in [0.2, 0.25) is 5.91 Å². The standard InChI is InChI=1S/C36H56N2O6/c1-26(2)30(21-28-11-14-34(42-6)35(23-28)44-18-8-17-41-5)12-13-32(39)24-33(27(3)4)36(40)37-25-29-9-7-10-31(22-29)38-15-19-43-20-16-38/h7,9-11,14,22-23,26-27,30,32-33,39H,8,12-13,15-21,24-25H2,1-6H3,(H,37,40)/t30?,32-,33?/m1/s1. The van der Waals surface area contributed by atoms with Gasteiger partial charge in [0.05, 0.1) is 33.0 Å². The van der Waals surface area contributed by atoms with E-state index in [4.69, 9.17) is 18.9 Å². The molecule has 2 unspecified atom stereocenters. The van der Waals surface area contributed by atoms with E-state index in [0.29, 0.717) is 44.4 Å². The summed E-state index contributed by atoms with van der Waals surface area (Å²) in [4.78, 5) is 15.6. The molecule has 2 N–H and O–H groups in total. The largest absolute Gasteiger partial charge is 0.493 e. The first-order valence-electron chi connectivity index (χ1n) is 16.4. The molecule has 44 heavy (non-hydrogen) atoms. The summed E-state index contributed by atoms with van der Waals surface area (Å²) in [6.45, 7) is 13.5. The molecular formula is C36H56N2O6. The van der Waals surface area contributed by atoms with Crippen LogP contribution in [0.25, 0.3) is 0 Å². The Morgan fingerprint density at radius 2 is 1.73 bits per heavy atom. The summed E-state index contributed by atoms with van der Waals surface area (Å²) in [5.74, 6) is 2.22. The van der Waals surface area contributed by atoms with Crippen LogP contribution >= 0.6 is 0 Å². The molecule has 1 aliphatic heterocycles. The van der Waals surface area contributed by atoms with Gasteiger partial charge in [0.15, 0.2) is 11.5 Å². The van der Waals surface area contributed by atoms with Gasteiger partial charge in [-0.1, -0.05) is 45.9 Å². The van der Waals surface area contributed by atoms with Crippen LogP contribution in [0.15, 0.2) is 42.5 Å². The average molecular weight is 613 g/mol. The van der Waals surface area contributed by atoms with Crippen LogP contribution in [-0.4, -0.2) is 70.9 Å². The molecular weight excluding hydrogens is 556 g/mol. The van der Waals surface area contributed by atoms with E-state index in [1.165, 1.54) is 5.56 Å². The third-order valence-electron chi connectivity index (χ3n) is 8.71. The zero-order valence-electron chi connectivity index (χ0n) is 27.8. The Morgan fingerprint density at radius 3 is 2.41 bits per heavy atom. The molecule has 0 saturated carbocycles. The number of nitrogens with zero attached hydrogens (tertiary/aromatic N) is 1.